The second-order valence-corrected chi connectivity index (χ2v) is 7.08. The maximum absolute atomic E-state index is 11.6. The highest BCUT2D eigenvalue weighted by Crippen LogP contribution is 2.35. The zero-order valence-electron chi connectivity index (χ0n) is 10.1. The van der Waals surface area contributed by atoms with Gasteiger partial charge in [0.05, 0.1) is 5.25 Å². The summed E-state index contributed by atoms with van der Waals surface area (Å²) in [7, 11) is -3.14. The largest absolute Gasteiger partial charge is 0.508 e. The first kappa shape index (κ1) is 13.0. The number of phenols is 1. The molecular weight excluding hydrogens is 224 g/mol. The average Bonchev–Trinajstić information content (AvgIpc) is 2.15. The van der Waals surface area contributed by atoms with E-state index in [0.717, 1.165) is 0 Å². The molecule has 0 saturated heterocycles. The molecular formula is C12H18O3S. The van der Waals surface area contributed by atoms with Crippen LogP contribution in [0.25, 0.3) is 0 Å². The molecule has 1 aromatic carbocycles. The molecule has 0 aliphatic rings. The van der Waals surface area contributed by atoms with E-state index in [2.05, 4.69) is 0 Å². The number of rotatable bonds is 3. The third-order valence-electron chi connectivity index (χ3n) is 3.26. The van der Waals surface area contributed by atoms with E-state index in [9.17, 15) is 13.5 Å². The van der Waals surface area contributed by atoms with Gasteiger partial charge in [0.25, 0.3) is 0 Å². The van der Waals surface area contributed by atoms with Gasteiger partial charge in [-0.25, -0.2) is 8.42 Å². The lowest BCUT2D eigenvalue weighted by molar-refractivity contribution is 0.426. The monoisotopic (exact) mass is 242 g/mol. The van der Waals surface area contributed by atoms with Gasteiger partial charge in [0.15, 0.2) is 9.84 Å². The van der Waals surface area contributed by atoms with Crippen molar-refractivity contribution in [1.82, 2.24) is 0 Å². The van der Waals surface area contributed by atoms with E-state index in [4.69, 9.17) is 0 Å². The summed E-state index contributed by atoms with van der Waals surface area (Å²) in [6.07, 6.45) is 1.22. The number of hydrogen-bond donors (Lipinski definition) is 1. The lowest BCUT2D eigenvalue weighted by Gasteiger charge is -2.31. The minimum atomic E-state index is -3.14. The van der Waals surface area contributed by atoms with Crippen LogP contribution in [0.15, 0.2) is 24.3 Å². The van der Waals surface area contributed by atoms with Crippen molar-refractivity contribution in [1.29, 1.82) is 0 Å². The van der Waals surface area contributed by atoms with Gasteiger partial charge in [0.1, 0.15) is 5.75 Å². The van der Waals surface area contributed by atoms with Crippen molar-refractivity contribution in [2.75, 3.05) is 6.26 Å². The second kappa shape index (κ2) is 4.09. The van der Waals surface area contributed by atoms with Gasteiger partial charge in [-0.05, 0) is 13.0 Å². The van der Waals surface area contributed by atoms with Gasteiger partial charge < -0.3 is 5.11 Å². The van der Waals surface area contributed by atoms with Gasteiger partial charge in [0, 0.05) is 17.2 Å². The topological polar surface area (TPSA) is 54.4 Å². The molecule has 4 heteroatoms. The Bertz CT molecular complexity index is 475. The lowest BCUT2D eigenvalue weighted by atomic mass is 9.81. The van der Waals surface area contributed by atoms with Gasteiger partial charge >= 0.3 is 0 Å². The summed E-state index contributed by atoms with van der Waals surface area (Å²) in [5, 5.41) is 9.22. The molecule has 0 aliphatic carbocycles. The minimum Gasteiger partial charge on any atom is -0.508 e. The van der Waals surface area contributed by atoms with Gasteiger partial charge in [-0.2, -0.15) is 0 Å². The van der Waals surface area contributed by atoms with Gasteiger partial charge in [-0.1, -0.05) is 32.0 Å². The van der Waals surface area contributed by atoms with Gasteiger partial charge in [0.2, 0.25) is 0 Å². The van der Waals surface area contributed by atoms with E-state index < -0.39 is 20.5 Å². The molecule has 0 aromatic heterocycles. The Hall–Kier alpha value is -1.03. The van der Waals surface area contributed by atoms with Crippen LogP contribution >= 0.6 is 0 Å². The van der Waals surface area contributed by atoms with Crippen LogP contribution in [-0.4, -0.2) is 25.0 Å². The number of sulfone groups is 1. The maximum atomic E-state index is 11.6. The molecule has 0 amide bonds. The fourth-order valence-electron chi connectivity index (χ4n) is 1.77. The molecule has 1 aromatic rings. The van der Waals surface area contributed by atoms with Crippen molar-refractivity contribution in [3.63, 3.8) is 0 Å². The number of benzene rings is 1. The van der Waals surface area contributed by atoms with Crippen molar-refractivity contribution in [2.45, 2.75) is 31.4 Å². The average molecular weight is 242 g/mol. The molecule has 0 radical (unpaired) electrons. The van der Waals surface area contributed by atoms with Crippen molar-refractivity contribution in [3.8, 4) is 5.75 Å². The predicted octanol–water partition coefficient (Wildman–Crippen LogP) is 2.10. The lowest BCUT2D eigenvalue weighted by Crippen LogP contribution is -2.37. The highest BCUT2D eigenvalue weighted by Gasteiger charge is 2.36. The Labute approximate surface area is 97.0 Å². The zero-order valence-corrected chi connectivity index (χ0v) is 10.9. The second-order valence-electron chi connectivity index (χ2n) is 4.71. The van der Waals surface area contributed by atoms with Crippen molar-refractivity contribution in [3.05, 3.63) is 29.8 Å². The molecule has 0 saturated carbocycles. The van der Waals surface area contributed by atoms with E-state index in [1.54, 1.807) is 31.2 Å². The summed E-state index contributed by atoms with van der Waals surface area (Å²) >= 11 is 0. The third kappa shape index (κ3) is 2.38. The van der Waals surface area contributed by atoms with Crippen LogP contribution in [0.5, 0.6) is 5.75 Å². The fraction of sp³-hybridized carbons (Fsp3) is 0.500. The van der Waals surface area contributed by atoms with Crippen molar-refractivity contribution < 1.29 is 13.5 Å². The Balaban J connectivity index is 3.27. The van der Waals surface area contributed by atoms with Crippen LogP contribution in [0.4, 0.5) is 0 Å². The Morgan fingerprint density at radius 3 is 2.19 bits per heavy atom. The third-order valence-corrected chi connectivity index (χ3v) is 5.13. The Morgan fingerprint density at radius 1 is 1.25 bits per heavy atom. The van der Waals surface area contributed by atoms with Crippen LogP contribution in [0.2, 0.25) is 0 Å². The summed E-state index contributed by atoms with van der Waals surface area (Å²) in [6.45, 7) is 5.32. The quantitative estimate of drug-likeness (QED) is 0.883. The molecule has 90 valence electrons. The van der Waals surface area contributed by atoms with Crippen molar-refractivity contribution in [2.24, 2.45) is 0 Å². The molecule has 1 atom stereocenters. The summed E-state index contributed by atoms with van der Waals surface area (Å²) < 4.78 is 23.2. The SMILES string of the molecule is CC(C(C)(C)c1ccccc1O)S(C)(=O)=O. The van der Waals surface area contributed by atoms with E-state index in [0.29, 0.717) is 5.56 Å². The number of hydrogen-bond acceptors (Lipinski definition) is 3. The molecule has 0 fully saturated rings. The Morgan fingerprint density at radius 2 is 1.75 bits per heavy atom. The van der Waals surface area contributed by atoms with Crippen LogP contribution in [0, 0.1) is 0 Å². The molecule has 0 aliphatic heterocycles. The molecule has 1 unspecified atom stereocenters. The van der Waals surface area contributed by atoms with E-state index in [-0.39, 0.29) is 5.75 Å². The Kier molecular flexibility index (Phi) is 3.33. The number of aromatic hydroxyl groups is 1. The predicted molar refractivity (Wildman–Crippen MR) is 65.4 cm³/mol. The van der Waals surface area contributed by atoms with Crippen LogP contribution in [0.3, 0.4) is 0 Å². The highest BCUT2D eigenvalue weighted by molar-refractivity contribution is 7.91. The zero-order chi connectivity index (χ0) is 12.6. The molecule has 3 nitrogen and oxygen atoms in total. The molecule has 16 heavy (non-hydrogen) atoms. The smallest absolute Gasteiger partial charge is 0.150 e. The first-order valence-electron chi connectivity index (χ1n) is 5.14. The normalized spacial score (nSPS) is 14.8. The molecule has 0 spiro atoms. The first-order valence-corrected chi connectivity index (χ1v) is 7.10. The minimum absolute atomic E-state index is 0.142. The standard InChI is InChI=1S/C12H18O3S/c1-9(16(4,14)15)12(2,3)10-7-5-6-8-11(10)13/h5-9,13H,1-4H3. The molecule has 1 rings (SSSR count). The van der Waals surface area contributed by atoms with Gasteiger partial charge in [-0.15, -0.1) is 0 Å². The van der Waals surface area contributed by atoms with Crippen LogP contribution < -0.4 is 0 Å². The van der Waals surface area contributed by atoms with Crippen LogP contribution in [0.1, 0.15) is 26.3 Å². The number of phenolic OH excluding ortho intramolecular Hbond substituents is 1. The summed E-state index contributed by atoms with van der Waals surface area (Å²) in [5.41, 5.74) is 0.0479. The van der Waals surface area contributed by atoms with Crippen molar-refractivity contribution >= 4 is 9.84 Å². The fourth-order valence-corrected chi connectivity index (χ4v) is 2.97. The molecule has 1 N–H and O–H groups in total. The van der Waals surface area contributed by atoms with E-state index in [1.165, 1.54) is 6.26 Å². The van der Waals surface area contributed by atoms with Gasteiger partial charge in [-0.3, -0.25) is 0 Å². The summed E-state index contributed by atoms with van der Waals surface area (Å²) in [5.74, 6) is 0.142. The maximum Gasteiger partial charge on any atom is 0.150 e. The highest BCUT2D eigenvalue weighted by atomic mass is 32.2. The molecule has 0 heterocycles. The van der Waals surface area contributed by atoms with Crippen LogP contribution in [-0.2, 0) is 15.3 Å². The summed E-state index contributed by atoms with van der Waals surface area (Å²) in [6, 6.07) is 6.86. The van der Waals surface area contributed by atoms with E-state index >= 15 is 0 Å². The number of para-hydroxylation sites is 1. The first-order chi connectivity index (χ1) is 7.17. The molecule has 0 bridgehead atoms. The van der Waals surface area contributed by atoms with E-state index in [1.807, 2.05) is 13.8 Å². The summed E-state index contributed by atoms with van der Waals surface area (Å²) in [4.78, 5) is 0.